The van der Waals surface area contributed by atoms with Gasteiger partial charge in [-0.05, 0) is 32.5 Å². The minimum absolute atomic E-state index is 0.843. The van der Waals surface area contributed by atoms with Crippen LogP contribution in [0.2, 0.25) is 0 Å². The normalized spacial score (nSPS) is 10.7. The fraction of sp³-hybridized carbons (Fsp3) is 0.714. The molecule has 0 atom stereocenters. The van der Waals surface area contributed by atoms with Crippen molar-refractivity contribution >= 4 is 11.6 Å². The van der Waals surface area contributed by atoms with Gasteiger partial charge in [-0.1, -0.05) is 20.8 Å². The van der Waals surface area contributed by atoms with E-state index in [2.05, 4.69) is 46.3 Å². The summed E-state index contributed by atoms with van der Waals surface area (Å²) >= 11 is 0. The fourth-order valence-corrected chi connectivity index (χ4v) is 1.85. The van der Waals surface area contributed by atoms with E-state index in [-0.39, 0.29) is 0 Å². The topological polar surface area (TPSA) is 53.1 Å². The molecule has 0 unspecified atom stereocenters. The summed E-state index contributed by atoms with van der Waals surface area (Å²) in [6, 6.07) is 0. The first-order valence-electron chi connectivity index (χ1n) is 7.32. The minimum Gasteiger partial charge on any atom is -0.369 e. The molecule has 0 bridgehead atoms. The first-order valence-corrected chi connectivity index (χ1v) is 7.32. The molecule has 0 saturated heterocycles. The second-order valence-electron chi connectivity index (χ2n) is 4.52. The Morgan fingerprint density at radius 3 is 2.21 bits per heavy atom. The molecule has 0 saturated carbocycles. The Bertz CT molecular complexity index is 338. The molecule has 0 spiro atoms. The van der Waals surface area contributed by atoms with Gasteiger partial charge in [-0.15, -0.1) is 0 Å². The predicted octanol–water partition coefficient (Wildman–Crippen LogP) is 2.44. The van der Waals surface area contributed by atoms with Crippen molar-refractivity contribution in [3.8, 4) is 0 Å². The summed E-state index contributed by atoms with van der Waals surface area (Å²) in [6.45, 7) is 11.8. The van der Waals surface area contributed by atoms with Gasteiger partial charge in [-0.25, -0.2) is 4.98 Å². The number of anilines is 2. The molecular weight excluding hydrogens is 238 g/mol. The summed E-state index contributed by atoms with van der Waals surface area (Å²) in [7, 11) is 0. The van der Waals surface area contributed by atoms with E-state index in [1.807, 2.05) is 0 Å². The Morgan fingerprint density at radius 1 is 1.00 bits per heavy atom. The lowest BCUT2D eigenvalue weighted by Crippen LogP contribution is -2.25. The highest BCUT2D eigenvalue weighted by Gasteiger charge is 2.00. The highest BCUT2D eigenvalue weighted by atomic mass is 15.1. The molecular formula is C14H27N5. The number of rotatable bonds is 10. The third-order valence-electron chi connectivity index (χ3n) is 3.04. The van der Waals surface area contributed by atoms with Gasteiger partial charge in [0.25, 0.3) is 0 Å². The monoisotopic (exact) mass is 265 g/mol. The van der Waals surface area contributed by atoms with Crippen LogP contribution < -0.4 is 10.6 Å². The van der Waals surface area contributed by atoms with Gasteiger partial charge in [0, 0.05) is 13.1 Å². The van der Waals surface area contributed by atoms with E-state index in [0.29, 0.717) is 0 Å². The maximum atomic E-state index is 4.47. The van der Waals surface area contributed by atoms with Crippen molar-refractivity contribution in [3.05, 3.63) is 12.4 Å². The summed E-state index contributed by atoms with van der Waals surface area (Å²) < 4.78 is 0. The molecule has 108 valence electrons. The Labute approximate surface area is 116 Å². The molecule has 5 nitrogen and oxygen atoms in total. The molecule has 0 radical (unpaired) electrons. The number of aromatic nitrogens is 2. The average Bonchev–Trinajstić information content (AvgIpc) is 2.46. The van der Waals surface area contributed by atoms with Crippen molar-refractivity contribution in [1.82, 2.24) is 14.9 Å². The Kier molecular flexibility index (Phi) is 7.89. The number of nitrogens with one attached hydrogen (secondary N) is 2. The van der Waals surface area contributed by atoms with Crippen LogP contribution in [0.4, 0.5) is 11.6 Å². The molecule has 1 rings (SSSR count). The molecule has 1 aromatic heterocycles. The molecule has 5 heteroatoms. The van der Waals surface area contributed by atoms with Crippen LogP contribution in [-0.2, 0) is 0 Å². The van der Waals surface area contributed by atoms with Gasteiger partial charge in [0.05, 0.1) is 12.4 Å². The highest BCUT2D eigenvalue weighted by molar-refractivity contribution is 5.41. The minimum atomic E-state index is 0.843. The average molecular weight is 265 g/mol. The number of hydrogen-bond acceptors (Lipinski definition) is 5. The third-order valence-corrected chi connectivity index (χ3v) is 3.04. The molecule has 1 heterocycles. The van der Waals surface area contributed by atoms with Crippen LogP contribution in [0.3, 0.4) is 0 Å². The molecule has 2 N–H and O–H groups in total. The van der Waals surface area contributed by atoms with E-state index in [1.54, 1.807) is 12.4 Å². The van der Waals surface area contributed by atoms with E-state index in [9.17, 15) is 0 Å². The van der Waals surface area contributed by atoms with Crippen LogP contribution in [-0.4, -0.2) is 47.6 Å². The van der Waals surface area contributed by atoms with Crippen LogP contribution in [0, 0.1) is 0 Å². The van der Waals surface area contributed by atoms with Gasteiger partial charge in [0.2, 0.25) is 0 Å². The fourth-order valence-electron chi connectivity index (χ4n) is 1.85. The smallest absolute Gasteiger partial charge is 0.146 e. The summed E-state index contributed by atoms with van der Waals surface area (Å²) in [5, 5.41) is 6.56. The van der Waals surface area contributed by atoms with Crippen LogP contribution in [0.5, 0.6) is 0 Å². The lowest BCUT2D eigenvalue weighted by atomic mass is 10.3. The lowest BCUT2D eigenvalue weighted by molar-refractivity contribution is 0.303. The SMILES string of the molecule is CCCNc1cncc(NCCCN(CC)CC)n1. The molecule has 0 aliphatic rings. The van der Waals surface area contributed by atoms with Crippen LogP contribution in [0.15, 0.2) is 12.4 Å². The van der Waals surface area contributed by atoms with Crippen molar-refractivity contribution in [2.75, 3.05) is 43.4 Å². The summed E-state index contributed by atoms with van der Waals surface area (Å²) in [6.07, 6.45) is 5.74. The molecule has 19 heavy (non-hydrogen) atoms. The second-order valence-corrected chi connectivity index (χ2v) is 4.52. The second kappa shape index (κ2) is 9.55. The molecule has 0 fully saturated rings. The number of nitrogens with zero attached hydrogens (tertiary/aromatic N) is 3. The molecule has 0 aliphatic carbocycles. The molecule has 0 aliphatic heterocycles. The van der Waals surface area contributed by atoms with E-state index in [0.717, 1.165) is 57.2 Å². The largest absolute Gasteiger partial charge is 0.369 e. The molecule has 0 amide bonds. The Hall–Kier alpha value is -1.36. The number of hydrogen-bond donors (Lipinski definition) is 2. The van der Waals surface area contributed by atoms with Gasteiger partial charge in [-0.2, -0.15) is 0 Å². The quantitative estimate of drug-likeness (QED) is 0.636. The molecule has 1 aromatic rings. The first kappa shape index (κ1) is 15.7. The van der Waals surface area contributed by atoms with Crippen molar-refractivity contribution in [2.24, 2.45) is 0 Å². The first-order chi connectivity index (χ1) is 9.30. The van der Waals surface area contributed by atoms with E-state index in [4.69, 9.17) is 0 Å². The van der Waals surface area contributed by atoms with Crippen LogP contribution >= 0.6 is 0 Å². The summed E-state index contributed by atoms with van der Waals surface area (Å²) in [5.41, 5.74) is 0. The zero-order valence-corrected chi connectivity index (χ0v) is 12.4. The third kappa shape index (κ3) is 6.38. The van der Waals surface area contributed by atoms with Gasteiger partial charge in [0.15, 0.2) is 0 Å². The Morgan fingerprint density at radius 2 is 1.63 bits per heavy atom. The summed E-state index contributed by atoms with van der Waals surface area (Å²) in [5.74, 6) is 1.69. The van der Waals surface area contributed by atoms with Crippen molar-refractivity contribution < 1.29 is 0 Å². The van der Waals surface area contributed by atoms with Crippen LogP contribution in [0.25, 0.3) is 0 Å². The van der Waals surface area contributed by atoms with Gasteiger partial charge in [0.1, 0.15) is 11.6 Å². The standard InChI is InChI=1S/C14H27N5/c1-4-8-16-13-11-15-12-14(18-13)17-9-7-10-19(5-2)6-3/h11-12H,4-10H2,1-3H3,(H2,16,17,18). The zero-order chi connectivity index (χ0) is 13.9. The van der Waals surface area contributed by atoms with Gasteiger partial charge in [-0.3, -0.25) is 4.98 Å². The summed E-state index contributed by atoms with van der Waals surface area (Å²) in [4.78, 5) is 11.1. The van der Waals surface area contributed by atoms with Crippen molar-refractivity contribution in [2.45, 2.75) is 33.6 Å². The van der Waals surface area contributed by atoms with Crippen LogP contribution in [0.1, 0.15) is 33.6 Å². The van der Waals surface area contributed by atoms with E-state index < -0.39 is 0 Å². The predicted molar refractivity (Wildman–Crippen MR) is 81.7 cm³/mol. The lowest BCUT2D eigenvalue weighted by Gasteiger charge is -2.17. The maximum absolute atomic E-state index is 4.47. The van der Waals surface area contributed by atoms with Gasteiger partial charge < -0.3 is 15.5 Å². The molecule has 0 aromatic carbocycles. The van der Waals surface area contributed by atoms with Gasteiger partial charge >= 0.3 is 0 Å². The van der Waals surface area contributed by atoms with E-state index >= 15 is 0 Å². The highest BCUT2D eigenvalue weighted by Crippen LogP contribution is 2.06. The zero-order valence-electron chi connectivity index (χ0n) is 12.4. The van der Waals surface area contributed by atoms with Crippen molar-refractivity contribution in [3.63, 3.8) is 0 Å². The Balaban J connectivity index is 2.28. The van der Waals surface area contributed by atoms with Crippen molar-refractivity contribution in [1.29, 1.82) is 0 Å². The maximum Gasteiger partial charge on any atom is 0.146 e. The van der Waals surface area contributed by atoms with E-state index in [1.165, 1.54) is 0 Å².